The minimum Gasteiger partial charge on any atom is -0.494 e. The van der Waals surface area contributed by atoms with E-state index in [1.807, 2.05) is 51.1 Å². The van der Waals surface area contributed by atoms with Crippen LogP contribution in [0.25, 0.3) is 0 Å². The zero-order valence-corrected chi connectivity index (χ0v) is 30.5. The maximum absolute atomic E-state index is 14.7. The smallest absolute Gasteiger partial charge is 0.264 e. The second kappa shape index (κ2) is 17.8. The lowest BCUT2D eigenvalue weighted by Crippen LogP contribution is -2.54. The van der Waals surface area contributed by atoms with E-state index in [2.05, 4.69) is 5.32 Å². The Kier molecular flexibility index (Phi) is 13.5. The van der Waals surface area contributed by atoms with Crippen LogP contribution < -0.4 is 23.8 Å². The molecule has 2 amide bonds. The molecule has 0 aliphatic carbocycles. The van der Waals surface area contributed by atoms with Crippen molar-refractivity contribution in [2.24, 2.45) is 0 Å². The number of methoxy groups -OCH3 is 2. The van der Waals surface area contributed by atoms with Crippen molar-refractivity contribution in [1.29, 1.82) is 0 Å². The number of carbonyl (C=O) groups excluding carboxylic acids is 2. The molecule has 0 bridgehead atoms. The molecular weight excluding hydrogens is 678 g/mol. The van der Waals surface area contributed by atoms with Crippen molar-refractivity contribution in [3.8, 4) is 17.2 Å². The summed E-state index contributed by atoms with van der Waals surface area (Å²) in [5, 5.41) is 3.56. The fourth-order valence-electron chi connectivity index (χ4n) is 5.29. The van der Waals surface area contributed by atoms with Crippen molar-refractivity contribution in [2.45, 2.75) is 57.1 Å². The summed E-state index contributed by atoms with van der Waals surface area (Å²) >= 11 is 6.18. The topological polar surface area (TPSA) is 114 Å². The number of halogens is 1. The van der Waals surface area contributed by atoms with Crippen LogP contribution in [-0.2, 0) is 32.6 Å². The van der Waals surface area contributed by atoms with Gasteiger partial charge in [0.1, 0.15) is 18.3 Å². The van der Waals surface area contributed by atoms with Gasteiger partial charge in [0.15, 0.2) is 11.5 Å². The number of nitrogens with zero attached hydrogens (tertiary/aromatic N) is 2. The summed E-state index contributed by atoms with van der Waals surface area (Å²) in [4.78, 5) is 30.0. The van der Waals surface area contributed by atoms with E-state index < -0.39 is 28.5 Å². The minimum atomic E-state index is -4.38. The SMILES string of the molecule is CCOc1ccc(N(CC(=O)N(Cc2ccc(Cl)cc2)[C@H](Cc2ccccc2)C(=O)N[C@H](C)CC)S(=O)(=O)c2ccc(OC)c(OC)c2)cc1. The first kappa shape index (κ1) is 38.1. The van der Waals surface area contributed by atoms with E-state index >= 15 is 0 Å². The summed E-state index contributed by atoms with van der Waals surface area (Å²) in [6, 6.07) is 25.9. The van der Waals surface area contributed by atoms with Gasteiger partial charge >= 0.3 is 0 Å². The van der Waals surface area contributed by atoms with Crippen molar-refractivity contribution in [3.63, 3.8) is 0 Å². The average Bonchev–Trinajstić information content (AvgIpc) is 3.13. The predicted octanol–water partition coefficient (Wildman–Crippen LogP) is 6.51. The van der Waals surface area contributed by atoms with E-state index in [1.165, 1.54) is 37.3 Å². The van der Waals surface area contributed by atoms with Gasteiger partial charge < -0.3 is 24.4 Å². The third kappa shape index (κ3) is 9.70. The standard InChI is InChI=1S/C38H44ClN3O7S/c1-6-27(3)40-38(44)34(23-28-11-9-8-10-12-28)41(25-29-13-15-30(39)16-14-29)37(43)26-42(31-17-19-32(20-18-31)49-7-2)50(45,46)33-21-22-35(47-4)36(24-33)48-5/h8-22,24,27,34H,6-7,23,25-26H2,1-5H3,(H,40,44)/t27-,34-/m1/s1. The first-order chi connectivity index (χ1) is 24.0. The molecule has 0 aromatic heterocycles. The minimum absolute atomic E-state index is 0.0228. The molecule has 50 heavy (non-hydrogen) atoms. The lowest BCUT2D eigenvalue weighted by molar-refractivity contribution is -0.140. The largest absolute Gasteiger partial charge is 0.494 e. The molecule has 4 aromatic carbocycles. The quantitative estimate of drug-likeness (QED) is 0.132. The average molecular weight is 722 g/mol. The Morgan fingerprint density at radius 1 is 0.840 bits per heavy atom. The van der Waals surface area contributed by atoms with Gasteiger partial charge in [0.05, 0.1) is 31.4 Å². The summed E-state index contributed by atoms with van der Waals surface area (Å²) in [6.07, 6.45) is 0.887. The molecule has 0 heterocycles. The molecule has 10 nitrogen and oxygen atoms in total. The molecule has 0 fully saturated rings. The highest BCUT2D eigenvalue weighted by Crippen LogP contribution is 2.33. The van der Waals surface area contributed by atoms with Gasteiger partial charge in [-0.2, -0.15) is 0 Å². The van der Waals surface area contributed by atoms with Crippen LogP contribution in [0.3, 0.4) is 0 Å². The van der Waals surface area contributed by atoms with Crippen LogP contribution in [0.5, 0.6) is 17.2 Å². The summed E-state index contributed by atoms with van der Waals surface area (Å²) < 4.78 is 46.3. The zero-order chi connectivity index (χ0) is 36.3. The van der Waals surface area contributed by atoms with Crippen LogP contribution in [0, 0.1) is 0 Å². The van der Waals surface area contributed by atoms with Gasteiger partial charge in [-0.05, 0) is 79.9 Å². The maximum atomic E-state index is 14.7. The molecule has 0 saturated heterocycles. The summed E-state index contributed by atoms with van der Waals surface area (Å²) in [5.41, 5.74) is 1.78. The van der Waals surface area contributed by atoms with Gasteiger partial charge in [0, 0.05) is 30.1 Å². The molecule has 12 heteroatoms. The number of hydrogen-bond acceptors (Lipinski definition) is 7. The molecule has 2 atom stereocenters. The molecule has 0 saturated carbocycles. The Balaban J connectivity index is 1.83. The van der Waals surface area contributed by atoms with Gasteiger partial charge in [-0.3, -0.25) is 13.9 Å². The van der Waals surface area contributed by atoms with Crippen molar-refractivity contribution in [3.05, 3.63) is 113 Å². The van der Waals surface area contributed by atoms with E-state index in [0.717, 1.165) is 9.87 Å². The lowest BCUT2D eigenvalue weighted by atomic mass is 10.0. The predicted molar refractivity (Wildman–Crippen MR) is 196 cm³/mol. The number of sulfonamides is 1. The van der Waals surface area contributed by atoms with Gasteiger partial charge in [-0.25, -0.2) is 8.42 Å². The van der Waals surface area contributed by atoms with Gasteiger partial charge in [-0.15, -0.1) is 0 Å². The molecule has 266 valence electrons. The Morgan fingerprint density at radius 3 is 2.10 bits per heavy atom. The van der Waals surface area contributed by atoms with Crippen molar-refractivity contribution < 1.29 is 32.2 Å². The number of hydrogen-bond donors (Lipinski definition) is 1. The van der Waals surface area contributed by atoms with Crippen LogP contribution in [0.15, 0.2) is 102 Å². The molecule has 4 aromatic rings. The molecular formula is C38H44ClN3O7S. The van der Waals surface area contributed by atoms with Crippen LogP contribution in [0.1, 0.15) is 38.3 Å². The van der Waals surface area contributed by atoms with E-state index in [1.54, 1.807) is 48.5 Å². The van der Waals surface area contributed by atoms with Crippen LogP contribution in [-0.4, -0.2) is 64.6 Å². The number of carbonyl (C=O) groups is 2. The highest BCUT2D eigenvalue weighted by molar-refractivity contribution is 7.92. The van der Waals surface area contributed by atoms with E-state index in [9.17, 15) is 18.0 Å². The summed E-state index contributed by atoms with van der Waals surface area (Å²) in [6.45, 7) is 5.54. The zero-order valence-electron chi connectivity index (χ0n) is 29.0. The first-order valence-electron chi connectivity index (χ1n) is 16.4. The van der Waals surface area contributed by atoms with Gasteiger partial charge in [0.2, 0.25) is 11.8 Å². The second-order valence-electron chi connectivity index (χ2n) is 11.6. The third-order valence-electron chi connectivity index (χ3n) is 8.20. The number of amides is 2. The number of anilines is 1. The molecule has 0 radical (unpaired) electrons. The molecule has 0 aliphatic rings. The van der Waals surface area contributed by atoms with Crippen LogP contribution in [0.2, 0.25) is 5.02 Å². The molecule has 4 rings (SSSR count). The second-order valence-corrected chi connectivity index (χ2v) is 13.9. The van der Waals surface area contributed by atoms with Gasteiger partial charge in [-0.1, -0.05) is 61.0 Å². The van der Waals surface area contributed by atoms with Crippen LogP contribution in [0.4, 0.5) is 5.69 Å². The normalized spacial score (nSPS) is 12.4. The fraction of sp³-hybridized carbons (Fsp3) is 0.316. The van der Waals surface area contributed by atoms with Crippen molar-refractivity contribution >= 4 is 39.1 Å². The highest BCUT2D eigenvalue weighted by atomic mass is 35.5. The van der Waals surface area contributed by atoms with Gasteiger partial charge in [0.25, 0.3) is 10.0 Å². The summed E-state index contributed by atoms with van der Waals surface area (Å²) in [5.74, 6) is 0.167. The molecule has 1 N–H and O–H groups in total. The Morgan fingerprint density at radius 2 is 1.50 bits per heavy atom. The molecule has 0 aliphatic heterocycles. The number of nitrogens with one attached hydrogen (secondary N) is 1. The monoisotopic (exact) mass is 721 g/mol. The first-order valence-corrected chi connectivity index (χ1v) is 18.2. The van der Waals surface area contributed by atoms with E-state index in [4.69, 9.17) is 25.8 Å². The number of benzene rings is 4. The fourth-order valence-corrected chi connectivity index (χ4v) is 6.85. The Hall–Kier alpha value is -4.74. The van der Waals surface area contributed by atoms with E-state index in [0.29, 0.717) is 35.1 Å². The number of rotatable bonds is 17. The Labute approximate surface area is 300 Å². The highest BCUT2D eigenvalue weighted by Gasteiger charge is 2.35. The number of ether oxygens (including phenoxy) is 3. The lowest BCUT2D eigenvalue weighted by Gasteiger charge is -2.34. The van der Waals surface area contributed by atoms with Crippen molar-refractivity contribution in [2.75, 3.05) is 31.7 Å². The Bertz CT molecular complexity index is 1820. The van der Waals surface area contributed by atoms with E-state index in [-0.39, 0.29) is 41.2 Å². The summed E-state index contributed by atoms with van der Waals surface area (Å²) in [7, 11) is -1.52. The molecule has 0 spiro atoms. The van der Waals surface area contributed by atoms with Crippen LogP contribution >= 0.6 is 11.6 Å². The molecule has 0 unspecified atom stereocenters. The van der Waals surface area contributed by atoms with Crippen molar-refractivity contribution in [1.82, 2.24) is 10.2 Å². The maximum Gasteiger partial charge on any atom is 0.264 e. The third-order valence-corrected chi connectivity index (χ3v) is 10.2.